The standard InChI is InChI=1S/C15H26N4O2S/c1-3-10-17-15(16-4-2)18-11-12-22(20,21)19-13-14-8-6-5-7-9-14/h5-9,19H,3-4,10-13H2,1-2H3,(H2,16,17,18). The van der Waals surface area contributed by atoms with E-state index in [0.717, 1.165) is 18.5 Å². The molecule has 0 saturated carbocycles. The first-order chi connectivity index (χ1) is 10.6. The van der Waals surface area contributed by atoms with Crippen LogP contribution in [-0.2, 0) is 16.6 Å². The van der Waals surface area contributed by atoms with E-state index in [1.165, 1.54) is 0 Å². The van der Waals surface area contributed by atoms with Crippen molar-refractivity contribution in [2.24, 2.45) is 4.99 Å². The zero-order chi connectivity index (χ0) is 16.3. The molecule has 0 aliphatic carbocycles. The van der Waals surface area contributed by atoms with E-state index in [2.05, 4.69) is 20.3 Å². The predicted molar refractivity (Wildman–Crippen MR) is 91.3 cm³/mol. The topological polar surface area (TPSA) is 82.6 Å². The molecule has 7 heteroatoms. The highest BCUT2D eigenvalue weighted by atomic mass is 32.2. The molecule has 0 spiro atoms. The summed E-state index contributed by atoms with van der Waals surface area (Å²) in [6.07, 6.45) is 0.952. The van der Waals surface area contributed by atoms with Gasteiger partial charge in [0.15, 0.2) is 5.96 Å². The van der Waals surface area contributed by atoms with Crippen LogP contribution in [0.15, 0.2) is 35.3 Å². The van der Waals surface area contributed by atoms with Crippen LogP contribution in [0.25, 0.3) is 0 Å². The largest absolute Gasteiger partial charge is 0.357 e. The van der Waals surface area contributed by atoms with Crippen molar-refractivity contribution in [1.29, 1.82) is 0 Å². The monoisotopic (exact) mass is 326 g/mol. The van der Waals surface area contributed by atoms with Crippen molar-refractivity contribution in [3.63, 3.8) is 0 Å². The summed E-state index contributed by atoms with van der Waals surface area (Å²) in [5.74, 6) is 0.665. The van der Waals surface area contributed by atoms with Gasteiger partial charge >= 0.3 is 0 Å². The lowest BCUT2D eigenvalue weighted by atomic mass is 10.2. The number of hydrogen-bond acceptors (Lipinski definition) is 3. The van der Waals surface area contributed by atoms with Gasteiger partial charge < -0.3 is 10.6 Å². The molecule has 0 atom stereocenters. The van der Waals surface area contributed by atoms with E-state index in [9.17, 15) is 8.42 Å². The molecule has 0 saturated heterocycles. The Hall–Kier alpha value is -1.60. The highest BCUT2D eigenvalue weighted by molar-refractivity contribution is 7.89. The Bertz CT molecular complexity index is 544. The van der Waals surface area contributed by atoms with Gasteiger partial charge in [0.05, 0.1) is 5.75 Å². The summed E-state index contributed by atoms with van der Waals surface area (Å²) in [7, 11) is -3.31. The van der Waals surface area contributed by atoms with Crippen LogP contribution in [0.2, 0.25) is 0 Å². The van der Waals surface area contributed by atoms with Gasteiger partial charge in [0, 0.05) is 26.2 Å². The predicted octanol–water partition coefficient (Wildman–Crippen LogP) is 1.07. The van der Waals surface area contributed by atoms with Gasteiger partial charge in [-0.25, -0.2) is 13.1 Å². The molecule has 0 aliphatic rings. The van der Waals surface area contributed by atoms with Crippen molar-refractivity contribution in [3.05, 3.63) is 35.9 Å². The molecule has 1 aromatic carbocycles. The Kier molecular flexibility index (Phi) is 8.54. The average Bonchev–Trinajstić information content (AvgIpc) is 2.51. The van der Waals surface area contributed by atoms with E-state index >= 15 is 0 Å². The van der Waals surface area contributed by atoms with Crippen molar-refractivity contribution in [2.75, 3.05) is 25.4 Å². The molecule has 0 bridgehead atoms. The van der Waals surface area contributed by atoms with Gasteiger partial charge in [-0.2, -0.15) is 0 Å². The van der Waals surface area contributed by atoms with Gasteiger partial charge in [-0.1, -0.05) is 37.3 Å². The number of hydrogen-bond donors (Lipinski definition) is 3. The molecule has 0 amide bonds. The molecule has 0 fully saturated rings. The lowest BCUT2D eigenvalue weighted by Gasteiger charge is -2.12. The summed E-state index contributed by atoms with van der Waals surface area (Å²) in [5.41, 5.74) is 0.942. The fraction of sp³-hybridized carbons (Fsp3) is 0.533. The summed E-state index contributed by atoms with van der Waals surface area (Å²) in [5, 5.41) is 6.11. The van der Waals surface area contributed by atoms with Gasteiger partial charge in [-0.05, 0) is 18.9 Å². The minimum absolute atomic E-state index is 0.0103. The molecular formula is C15H26N4O2S. The average molecular weight is 326 g/mol. The molecule has 6 nitrogen and oxygen atoms in total. The first kappa shape index (κ1) is 18.4. The number of sulfonamides is 1. The maximum atomic E-state index is 11.9. The molecule has 0 aromatic heterocycles. The van der Waals surface area contributed by atoms with E-state index in [1.807, 2.05) is 44.2 Å². The molecule has 1 aromatic rings. The molecule has 124 valence electrons. The first-order valence-electron chi connectivity index (χ1n) is 7.61. The van der Waals surface area contributed by atoms with Crippen molar-refractivity contribution >= 4 is 16.0 Å². The summed E-state index contributed by atoms with van der Waals surface area (Å²) < 4.78 is 26.5. The zero-order valence-corrected chi connectivity index (χ0v) is 14.1. The fourth-order valence-electron chi connectivity index (χ4n) is 1.73. The number of nitrogens with one attached hydrogen (secondary N) is 3. The molecular weight excluding hydrogens is 300 g/mol. The van der Waals surface area contributed by atoms with Gasteiger partial charge in [0.25, 0.3) is 0 Å². The molecule has 0 heterocycles. The van der Waals surface area contributed by atoms with Crippen molar-refractivity contribution in [3.8, 4) is 0 Å². The highest BCUT2D eigenvalue weighted by Gasteiger charge is 2.10. The van der Waals surface area contributed by atoms with E-state index in [4.69, 9.17) is 0 Å². The minimum atomic E-state index is -3.31. The number of aliphatic imine (C=N–C) groups is 1. The SMILES string of the molecule is CCCN=C(NCC)NCCS(=O)(=O)NCc1ccccc1. The Morgan fingerprint density at radius 3 is 2.50 bits per heavy atom. The van der Waals surface area contributed by atoms with Crippen LogP contribution in [0.3, 0.4) is 0 Å². The number of benzene rings is 1. The molecule has 3 N–H and O–H groups in total. The maximum absolute atomic E-state index is 11.9. The summed E-state index contributed by atoms with van der Waals surface area (Å²) in [4.78, 5) is 4.32. The number of guanidine groups is 1. The van der Waals surface area contributed by atoms with Gasteiger partial charge in [-0.3, -0.25) is 4.99 Å². The molecule has 22 heavy (non-hydrogen) atoms. The smallest absolute Gasteiger partial charge is 0.213 e. The van der Waals surface area contributed by atoms with Crippen LogP contribution in [0, 0.1) is 0 Å². The van der Waals surface area contributed by atoms with E-state index in [0.29, 0.717) is 25.6 Å². The molecule has 0 aliphatic heterocycles. The lowest BCUT2D eigenvalue weighted by Crippen LogP contribution is -2.41. The van der Waals surface area contributed by atoms with Gasteiger partial charge in [0.2, 0.25) is 10.0 Å². The van der Waals surface area contributed by atoms with Crippen LogP contribution in [-0.4, -0.2) is 39.8 Å². The Balaban J connectivity index is 2.38. The third kappa shape index (κ3) is 7.99. The van der Waals surface area contributed by atoms with Crippen LogP contribution < -0.4 is 15.4 Å². The Morgan fingerprint density at radius 1 is 1.14 bits per heavy atom. The second kappa shape index (κ2) is 10.2. The van der Waals surface area contributed by atoms with Crippen LogP contribution >= 0.6 is 0 Å². The number of nitrogens with zero attached hydrogens (tertiary/aromatic N) is 1. The third-order valence-corrected chi connectivity index (χ3v) is 4.17. The normalized spacial score (nSPS) is 12.2. The number of rotatable bonds is 9. The second-order valence-electron chi connectivity index (χ2n) is 4.81. The minimum Gasteiger partial charge on any atom is -0.357 e. The molecule has 0 radical (unpaired) electrons. The van der Waals surface area contributed by atoms with E-state index in [-0.39, 0.29) is 5.75 Å². The quantitative estimate of drug-likeness (QED) is 0.468. The summed E-state index contributed by atoms with van der Waals surface area (Å²) in [6, 6.07) is 9.46. The Labute approximate surface area is 133 Å². The first-order valence-corrected chi connectivity index (χ1v) is 9.26. The maximum Gasteiger partial charge on any atom is 0.213 e. The lowest BCUT2D eigenvalue weighted by molar-refractivity contribution is 0.580. The van der Waals surface area contributed by atoms with Gasteiger partial charge in [-0.15, -0.1) is 0 Å². The van der Waals surface area contributed by atoms with Crippen molar-refractivity contribution in [2.45, 2.75) is 26.8 Å². The van der Waals surface area contributed by atoms with Gasteiger partial charge in [0.1, 0.15) is 0 Å². The zero-order valence-electron chi connectivity index (χ0n) is 13.3. The van der Waals surface area contributed by atoms with Crippen LogP contribution in [0.5, 0.6) is 0 Å². The summed E-state index contributed by atoms with van der Waals surface area (Å²) in [6.45, 7) is 6.11. The van der Waals surface area contributed by atoms with E-state index in [1.54, 1.807) is 0 Å². The van der Waals surface area contributed by atoms with Crippen LogP contribution in [0.4, 0.5) is 0 Å². The summed E-state index contributed by atoms with van der Waals surface area (Å²) >= 11 is 0. The third-order valence-electron chi connectivity index (χ3n) is 2.84. The fourth-order valence-corrected chi connectivity index (χ4v) is 2.63. The second-order valence-corrected chi connectivity index (χ2v) is 6.74. The van der Waals surface area contributed by atoms with Crippen LogP contribution in [0.1, 0.15) is 25.8 Å². The van der Waals surface area contributed by atoms with E-state index < -0.39 is 10.0 Å². The van der Waals surface area contributed by atoms with Crippen molar-refractivity contribution < 1.29 is 8.42 Å². The highest BCUT2D eigenvalue weighted by Crippen LogP contribution is 1.98. The Morgan fingerprint density at radius 2 is 1.86 bits per heavy atom. The molecule has 0 unspecified atom stereocenters. The molecule has 1 rings (SSSR count). The van der Waals surface area contributed by atoms with Crippen molar-refractivity contribution in [1.82, 2.24) is 15.4 Å².